The Hall–Kier alpha value is -2.09. The summed E-state index contributed by atoms with van der Waals surface area (Å²) in [5.41, 5.74) is 4.02. The topological polar surface area (TPSA) is 64.2 Å². The van der Waals surface area contributed by atoms with Crippen molar-refractivity contribution >= 4 is 48.8 Å². The fourth-order valence-corrected chi connectivity index (χ4v) is 5.36. The summed E-state index contributed by atoms with van der Waals surface area (Å²) < 4.78 is 0. The average Bonchev–Trinajstić information content (AvgIpc) is 3.30. The number of hydrogen-bond donors (Lipinski definition) is 3. The Morgan fingerprint density at radius 2 is 1.47 bits per heavy atom. The lowest BCUT2D eigenvalue weighted by Gasteiger charge is -2.49. The highest BCUT2D eigenvalue weighted by atomic mass is 35.5. The van der Waals surface area contributed by atoms with Gasteiger partial charge >= 0.3 is 0 Å². The fraction of sp³-hybridized carbons (Fsp3) is 0.276. The Kier molecular flexibility index (Phi) is 12.1. The molecule has 1 aromatic heterocycles. The minimum absolute atomic E-state index is 0. The molecule has 0 radical (unpaired) electrons. The van der Waals surface area contributed by atoms with Gasteiger partial charge in [-0.2, -0.15) is 0 Å². The Morgan fingerprint density at radius 3 is 2.08 bits per heavy atom. The lowest BCUT2D eigenvalue weighted by atomic mass is 9.75. The van der Waals surface area contributed by atoms with E-state index in [2.05, 4.69) is 51.6 Å². The van der Waals surface area contributed by atoms with Gasteiger partial charge in [-0.1, -0.05) is 84.4 Å². The van der Waals surface area contributed by atoms with Crippen LogP contribution >= 0.6 is 48.8 Å². The van der Waals surface area contributed by atoms with Crippen LogP contribution in [0.15, 0.2) is 84.9 Å². The molecule has 0 amide bonds. The number of aromatic amines is 1. The molecular weight excluding hydrogens is 562 g/mol. The van der Waals surface area contributed by atoms with Crippen LogP contribution in [0, 0.1) is 6.92 Å². The summed E-state index contributed by atoms with van der Waals surface area (Å²) in [6, 6.07) is 28.4. The molecule has 3 aromatic carbocycles. The molecular formula is C29H34Cl4N4O. The van der Waals surface area contributed by atoms with E-state index in [1.165, 1.54) is 0 Å². The first-order valence-corrected chi connectivity index (χ1v) is 12.5. The number of nitrogens with one attached hydrogen (secondary N) is 2. The zero-order valence-corrected chi connectivity index (χ0v) is 24.3. The molecule has 4 aromatic rings. The van der Waals surface area contributed by atoms with Crippen LogP contribution in [-0.2, 0) is 12.0 Å². The van der Waals surface area contributed by atoms with Crippen molar-refractivity contribution in [1.82, 2.24) is 20.2 Å². The van der Waals surface area contributed by atoms with Crippen molar-refractivity contribution in [3.05, 3.63) is 112 Å². The molecule has 5 rings (SSSR count). The molecule has 1 saturated heterocycles. The first-order valence-electron chi connectivity index (χ1n) is 12.1. The monoisotopic (exact) mass is 594 g/mol. The van der Waals surface area contributed by atoms with Crippen molar-refractivity contribution in [2.75, 3.05) is 26.2 Å². The largest absolute Gasteiger partial charge is 0.384 e. The van der Waals surface area contributed by atoms with Gasteiger partial charge in [-0.3, -0.25) is 4.90 Å². The minimum atomic E-state index is -0.865. The zero-order chi connectivity index (χ0) is 24.3. The van der Waals surface area contributed by atoms with Gasteiger partial charge in [0, 0.05) is 42.5 Å². The van der Waals surface area contributed by atoms with E-state index in [0.29, 0.717) is 17.1 Å². The molecule has 1 aliphatic rings. The van der Waals surface area contributed by atoms with Crippen molar-refractivity contribution in [1.29, 1.82) is 0 Å². The van der Waals surface area contributed by atoms with Crippen LogP contribution in [0.25, 0.3) is 11.4 Å². The van der Waals surface area contributed by atoms with E-state index in [4.69, 9.17) is 16.6 Å². The van der Waals surface area contributed by atoms with Crippen LogP contribution in [0.5, 0.6) is 0 Å². The van der Waals surface area contributed by atoms with Crippen LogP contribution in [0.3, 0.4) is 0 Å². The number of piperazine rings is 1. The normalized spacial score (nSPS) is 15.8. The average molecular weight is 596 g/mol. The summed E-state index contributed by atoms with van der Waals surface area (Å²) in [5, 5.41) is 16.5. The smallest absolute Gasteiger partial charge is 0.137 e. The van der Waals surface area contributed by atoms with E-state index in [-0.39, 0.29) is 37.2 Å². The van der Waals surface area contributed by atoms with E-state index in [0.717, 1.165) is 54.4 Å². The van der Waals surface area contributed by atoms with Crippen LogP contribution in [0.2, 0.25) is 5.02 Å². The van der Waals surface area contributed by atoms with Gasteiger partial charge in [0.15, 0.2) is 0 Å². The van der Waals surface area contributed by atoms with Gasteiger partial charge in [-0.05, 0) is 36.6 Å². The van der Waals surface area contributed by atoms with Crippen molar-refractivity contribution in [2.45, 2.75) is 25.0 Å². The van der Waals surface area contributed by atoms with Gasteiger partial charge in [0.05, 0.1) is 11.2 Å². The van der Waals surface area contributed by atoms with E-state index < -0.39 is 11.6 Å². The minimum Gasteiger partial charge on any atom is -0.384 e. The summed E-state index contributed by atoms with van der Waals surface area (Å²) in [7, 11) is 0. The summed E-state index contributed by atoms with van der Waals surface area (Å²) in [6.07, 6.45) is -0.223. The number of aryl methyl sites for hydroxylation is 1. The van der Waals surface area contributed by atoms with E-state index in [1.807, 2.05) is 55.5 Å². The second kappa shape index (κ2) is 14.3. The molecule has 2 unspecified atom stereocenters. The van der Waals surface area contributed by atoms with Gasteiger partial charge in [0.25, 0.3) is 0 Å². The maximum absolute atomic E-state index is 12.3. The van der Waals surface area contributed by atoms with E-state index in [1.54, 1.807) is 0 Å². The predicted octanol–water partition coefficient (Wildman–Crippen LogP) is 6.38. The van der Waals surface area contributed by atoms with Crippen LogP contribution in [0.1, 0.15) is 28.6 Å². The van der Waals surface area contributed by atoms with Crippen molar-refractivity contribution in [3.63, 3.8) is 0 Å². The molecule has 0 bridgehead atoms. The molecule has 204 valence electrons. The van der Waals surface area contributed by atoms with Crippen LogP contribution < -0.4 is 5.32 Å². The number of halogens is 4. The van der Waals surface area contributed by atoms with Crippen molar-refractivity contribution in [3.8, 4) is 11.4 Å². The molecule has 1 aliphatic heterocycles. The summed E-state index contributed by atoms with van der Waals surface area (Å²) in [4.78, 5) is 10.8. The summed E-state index contributed by atoms with van der Waals surface area (Å²) >= 11 is 6.30. The lowest BCUT2D eigenvalue weighted by molar-refractivity contribution is -0.0482. The predicted molar refractivity (Wildman–Crippen MR) is 163 cm³/mol. The molecule has 0 spiro atoms. The Balaban J connectivity index is 0.00000169. The molecule has 3 N–H and O–H groups in total. The van der Waals surface area contributed by atoms with E-state index >= 15 is 0 Å². The van der Waals surface area contributed by atoms with Crippen molar-refractivity contribution in [2.24, 2.45) is 0 Å². The first-order chi connectivity index (χ1) is 17.1. The third-order valence-corrected chi connectivity index (χ3v) is 7.27. The second-order valence-corrected chi connectivity index (χ2v) is 9.63. The Morgan fingerprint density at radius 1 is 0.895 bits per heavy atom. The van der Waals surface area contributed by atoms with Gasteiger partial charge in [0.1, 0.15) is 11.9 Å². The number of aromatic nitrogens is 2. The van der Waals surface area contributed by atoms with Gasteiger partial charge in [-0.15, -0.1) is 37.2 Å². The Labute approximate surface area is 248 Å². The lowest BCUT2D eigenvalue weighted by Crippen LogP contribution is -2.58. The molecule has 0 aliphatic carbocycles. The molecule has 2 atom stereocenters. The quantitative estimate of drug-likeness (QED) is 0.232. The molecule has 1 fully saturated rings. The number of imidazole rings is 1. The van der Waals surface area contributed by atoms with Gasteiger partial charge in [-0.25, -0.2) is 4.98 Å². The zero-order valence-electron chi connectivity index (χ0n) is 21.1. The van der Waals surface area contributed by atoms with Crippen LogP contribution in [0.4, 0.5) is 0 Å². The van der Waals surface area contributed by atoms with Gasteiger partial charge < -0.3 is 15.4 Å². The number of H-pyrrole nitrogens is 1. The fourth-order valence-electron chi connectivity index (χ4n) is 5.23. The summed E-state index contributed by atoms with van der Waals surface area (Å²) in [6.45, 7) is 5.37. The number of aliphatic hydroxyl groups excluding tert-OH is 1. The molecule has 5 nitrogen and oxygen atoms in total. The highest BCUT2D eigenvalue weighted by Gasteiger charge is 2.47. The van der Waals surface area contributed by atoms with E-state index in [9.17, 15) is 5.11 Å². The highest BCUT2D eigenvalue weighted by Crippen LogP contribution is 2.44. The van der Waals surface area contributed by atoms with Crippen LogP contribution in [-0.4, -0.2) is 46.2 Å². The number of benzene rings is 3. The summed E-state index contributed by atoms with van der Waals surface area (Å²) in [5.74, 6) is 0.766. The number of rotatable bonds is 7. The third-order valence-electron chi connectivity index (χ3n) is 7.02. The molecule has 2 heterocycles. The maximum atomic E-state index is 12.3. The number of hydrogen-bond acceptors (Lipinski definition) is 4. The molecule has 0 saturated carbocycles. The highest BCUT2D eigenvalue weighted by molar-refractivity contribution is 6.30. The maximum Gasteiger partial charge on any atom is 0.137 e. The first kappa shape index (κ1) is 32.1. The molecule has 9 heteroatoms. The second-order valence-electron chi connectivity index (χ2n) is 9.19. The SMILES string of the molecule is Cc1[nH]c(-c2ccccc2)nc1C(O)C(Cc1ccccc1)(c1ccc(Cl)cc1)N1CCNCC1.Cl.Cl.Cl. The molecule has 38 heavy (non-hydrogen) atoms. The Bertz CT molecular complexity index is 1250. The standard InChI is InChI=1S/C29H31ClN4O.3ClH/c1-21-26(33-28(32-21)23-10-6-3-7-11-23)27(35)29(34-18-16-31-17-19-34,20-22-8-4-2-5-9-22)24-12-14-25(30)15-13-24;;;/h2-15,27,31,35H,16-20H2,1H3,(H,32,33);3*1H. The van der Waals surface area contributed by atoms with Gasteiger partial charge in [0.2, 0.25) is 0 Å². The van der Waals surface area contributed by atoms with Crippen molar-refractivity contribution < 1.29 is 5.11 Å². The number of aliphatic hydroxyl groups is 1. The third kappa shape index (κ3) is 6.54. The number of nitrogens with zero attached hydrogens (tertiary/aromatic N) is 2.